The van der Waals surface area contributed by atoms with E-state index in [1.165, 1.54) is 11.6 Å². The van der Waals surface area contributed by atoms with Gasteiger partial charge in [0.25, 0.3) is 0 Å². The zero-order valence-corrected chi connectivity index (χ0v) is 15.5. The third kappa shape index (κ3) is 3.45. The summed E-state index contributed by atoms with van der Waals surface area (Å²) in [5.74, 6) is -0.934. The number of carboxylic acid groups (broad SMARTS) is 1. The van der Waals surface area contributed by atoms with Crippen LogP contribution in [0.25, 0.3) is 16.5 Å². The number of carbonyl (C=O) groups is 1. The first kappa shape index (κ1) is 17.7. The number of pyridine rings is 1. The van der Waals surface area contributed by atoms with E-state index in [1.54, 1.807) is 6.20 Å². The Labute approximate surface area is 163 Å². The van der Waals surface area contributed by atoms with E-state index in [0.29, 0.717) is 0 Å². The van der Waals surface area contributed by atoms with Crippen LogP contribution in [0.15, 0.2) is 91.4 Å². The van der Waals surface area contributed by atoms with Gasteiger partial charge in [0.05, 0.1) is 6.04 Å². The van der Waals surface area contributed by atoms with E-state index in [1.807, 2.05) is 49.5 Å². The molecule has 0 aliphatic rings. The lowest BCUT2D eigenvalue weighted by Crippen LogP contribution is -2.11. The van der Waals surface area contributed by atoms with Gasteiger partial charge in [0.2, 0.25) is 0 Å². The van der Waals surface area contributed by atoms with Crippen molar-refractivity contribution in [1.29, 1.82) is 0 Å². The maximum atomic E-state index is 11.0. The lowest BCUT2D eigenvalue weighted by atomic mass is 9.99. The quantitative estimate of drug-likeness (QED) is 0.495. The SMILES string of the molecule is CC(=CC(=O)O)c1ccc2c(ccn2C(c2ccccc2)c2cccnc2)c1. The van der Waals surface area contributed by atoms with Crippen LogP contribution in [0.2, 0.25) is 0 Å². The maximum absolute atomic E-state index is 11.0. The normalized spacial score (nSPS) is 12.8. The minimum Gasteiger partial charge on any atom is -0.478 e. The molecule has 28 heavy (non-hydrogen) atoms. The summed E-state index contributed by atoms with van der Waals surface area (Å²) >= 11 is 0. The summed E-state index contributed by atoms with van der Waals surface area (Å²) in [4.78, 5) is 15.3. The summed E-state index contributed by atoms with van der Waals surface area (Å²) in [6, 6.07) is 22.5. The van der Waals surface area contributed by atoms with Crippen LogP contribution >= 0.6 is 0 Å². The molecule has 4 heteroatoms. The zero-order valence-electron chi connectivity index (χ0n) is 15.5. The van der Waals surface area contributed by atoms with Gasteiger partial charge in [-0.05, 0) is 53.5 Å². The number of allylic oxidation sites excluding steroid dienone is 1. The topological polar surface area (TPSA) is 55.1 Å². The number of nitrogens with zero attached hydrogens (tertiary/aromatic N) is 2. The Balaban J connectivity index is 1.85. The number of hydrogen-bond donors (Lipinski definition) is 1. The van der Waals surface area contributed by atoms with Crippen LogP contribution in [0.5, 0.6) is 0 Å². The molecule has 2 aromatic carbocycles. The van der Waals surface area contributed by atoms with Gasteiger partial charge in [0, 0.05) is 35.6 Å². The molecule has 1 atom stereocenters. The van der Waals surface area contributed by atoms with Crippen molar-refractivity contribution in [2.24, 2.45) is 0 Å². The van der Waals surface area contributed by atoms with Crippen LogP contribution in [0.3, 0.4) is 0 Å². The fraction of sp³-hybridized carbons (Fsp3) is 0.0833. The molecule has 0 amide bonds. The number of carboxylic acids is 1. The highest BCUT2D eigenvalue weighted by atomic mass is 16.4. The van der Waals surface area contributed by atoms with Crippen molar-refractivity contribution in [2.45, 2.75) is 13.0 Å². The molecule has 4 nitrogen and oxygen atoms in total. The second-order valence-electron chi connectivity index (χ2n) is 6.76. The smallest absolute Gasteiger partial charge is 0.328 e. The zero-order chi connectivity index (χ0) is 19.5. The average molecular weight is 368 g/mol. The molecule has 4 rings (SSSR count). The standard InChI is InChI=1S/C24H20N2O2/c1-17(14-23(27)28)19-9-10-22-20(15-19)11-13-26(22)24(18-6-3-2-4-7-18)21-8-5-12-25-16-21/h2-16,24H,1H3,(H,27,28). The van der Waals surface area contributed by atoms with Crippen molar-refractivity contribution < 1.29 is 9.90 Å². The number of aromatic nitrogens is 2. The number of hydrogen-bond acceptors (Lipinski definition) is 2. The van der Waals surface area contributed by atoms with Crippen LogP contribution in [-0.2, 0) is 4.79 Å². The predicted octanol–water partition coefficient (Wildman–Crippen LogP) is 5.16. The summed E-state index contributed by atoms with van der Waals surface area (Å²) in [6.07, 6.45) is 7.00. The molecule has 0 spiro atoms. The Bertz CT molecular complexity index is 1110. The Morgan fingerprint density at radius 2 is 1.82 bits per heavy atom. The van der Waals surface area contributed by atoms with Gasteiger partial charge in [-0.1, -0.05) is 42.5 Å². The monoisotopic (exact) mass is 368 g/mol. The first-order valence-electron chi connectivity index (χ1n) is 9.10. The number of rotatable bonds is 5. The number of aliphatic carboxylic acids is 1. The largest absolute Gasteiger partial charge is 0.478 e. The van der Waals surface area contributed by atoms with Crippen molar-refractivity contribution >= 4 is 22.4 Å². The van der Waals surface area contributed by atoms with E-state index >= 15 is 0 Å². The average Bonchev–Trinajstić information content (AvgIpc) is 3.12. The Morgan fingerprint density at radius 3 is 2.54 bits per heavy atom. The molecule has 0 bridgehead atoms. The highest BCUT2D eigenvalue weighted by Crippen LogP contribution is 2.31. The van der Waals surface area contributed by atoms with Gasteiger partial charge >= 0.3 is 5.97 Å². The van der Waals surface area contributed by atoms with Gasteiger partial charge in [-0.15, -0.1) is 0 Å². The molecule has 0 saturated carbocycles. The van der Waals surface area contributed by atoms with Gasteiger partial charge in [0.1, 0.15) is 0 Å². The van der Waals surface area contributed by atoms with Gasteiger partial charge < -0.3 is 9.67 Å². The summed E-state index contributed by atoms with van der Waals surface area (Å²) in [7, 11) is 0. The molecule has 0 radical (unpaired) electrons. The highest BCUT2D eigenvalue weighted by Gasteiger charge is 2.18. The molecular formula is C24H20N2O2. The third-order valence-electron chi connectivity index (χ3n) is 4.91. The Morgan fingerprint density at radius 1 is 1.04 bits per heavy atom. The molecule has 0 aliphatic heterocycles. The van der Waals surface area contributed by atoms with Crippen LogP contribution < -0.4 is 0 Å². The molecule has 2 heterocycles. The van der Waals surface area contributed by atoms with Gasteiger partial charge in [-0.25, -0.2) is 4.79 Å². The molecule has 1 N–H and O–H groups in total. The number of benzene rings is 2. The molecule has 0 fully saturated rings. The lowest BCUT2D eigenvalue weighted by Gasteiger charge is -2.21. The number of fused-ring (bicyclic) bond motifs is 1. The Kier molecular flexibility index (Phi) is 4.77. The van der Waals surface area contributed by atoms with Crippen molar-refractivity contribution in [3.8, 4) is 0 Å². The van der Waals surface area contributed by atoms with Gasteiger partial charge in [0.15, 0.2) is 0 Å². The van der Waals surface area contributed by atoms with Crippen molar-refractivity contribution in [2.75, 3.05) is 0 Å². The molecule has 0 aliphatic carbocycles. The molecule has 2 aromatic heterocycles. The fourth-order valence-corrected chi connectivity index (χ4v) is 3.59. The molecule has 4 aromatic rings. The van der Waals surface area contributed by atoms with E-state index in [0.717, 1.165) is 27.6 Å². The minimum atomic E-state index is -0.934. The summed E-state index contributed by atoms with van der Waals surface area (Å²) in [5.41, 5.74) is 5.01. The first-order valence-corrected chi connectivity index (χ1v) is 9.10. The molecule has 0 saturated heterocycles. The third-order valence-corrected chi connectivity index (χ3v) is 4.91. The predicted molar refractivity (Wildman–Crippen MR) is 111 cm³/mol. The van der Waals surface area contributed by atoms with Crippen molar-refractivity contribution in [1.82, 2.24) is 9.55 Å². The molecular weight excluding hydrogens is 348 g/mol. The van der Waals surface area contributed by atoms with E-state index in [-0.39, 0.29) is 6.04 Å². The fourth-order valence-electron chi connectivity index (χ4n) is 3.59. The summed E-state index contributed by atoms with van der Waals surface area (Å²) < 4.78 is 2.24. The first-order chi connectivity index (χ1) is 13.6. The van der Waals surface area contributed by atoms with Crippen LogP contribution in [0.4, 0.5) is 0 Å². The second-order valence-corrected chi connectivity index (χ2v) is 6.76. The molecule has 1 unspecified atom stereocenters. The van der Waals surface area contributed by atoms with E-state index in [2.05, 4.69) is 46.1 Å². The Hall–Kier alpha value is -3.66. The van der Waals surface area contributed by atoms with E-state index in [4.69, 9.17) is 5.11 Å². The highest BCUT2D eigenvalue weighted by molar-refractivity contribution is 5.92. The summed E-state index contributed by atoms with van der Waals surface area (Å²) in [5, 5.41) is 10.1. The van der Waals surface area contributed by atoms with Gasteiger partial charge in [-0.2, -0.15) is 0 Å². The van der Waals surface area contributed by atoms with E-state index in [9.17, 15) is 4.79 Å². The van der Waals surface area contributed by atoms with Gasteiger partial charge in [-0.3, -0.25) is 4.98 Å². The van der Waals surface area contributed by atoms with E-state index < -0.39 is 5.97 Å². The maximum Gasteiger partial charge on any atom is 0.328 e. The summed E-state index contributed by atoms with van der Waals surface area (Å²) in [6.45, 7) is 1.81. The van der Waals surface area contributed by atoms with Crippen molar-refractivity contribution in [3.63, 3.8) is 0 Å². The lowest BCUT2D eigenvalue weighted by molar-refractivity contribution is -0.131. The van der Waals surface area contributed by atoms with Crippen LogP contribution in [0, 0.1) is 0 Å². The molecule has 138 valence electrons. The second kappa shape index (κ2) is 7.53. The van der Waals surface area contributed by atoms with Crippen molar-refractivity contribution in [3.05, 3.63) is 108 Å². The van der Waals surface area contributed by atoms with Crippen LogP contribution in [0.1, 0.15) is 29.7 Å². The van der Waals surface area contributed by atoms with Crippen LogP contribution in [-0.4, -0.2) is 20.6 Å². The minimum absolute atomic E-state index is 0.00825.